The molecule has 2 heteroatoms. The topological polar surface area (TPSA) is 6.48 Å². The van der Waals surface area contributed by atoms with Crippen LogP contribution in [0, 0.1) is 0 Å². The first-order valence-corrected chi connectivity index (χ1v) is 24.3. The van der Waals surface area contributed by atoms with Gasteiger partial charge in [-0.3, -0.25) is 0 Å². The first-order chi connectivity index (χ1) is 33.7. The van der Waals surface area contributed by atoms with Crippen molar-refractivity contribution in [2.75, 3.05) is 9.80 Å². The van der Waals surface area contributed by atoms with Crippen LogP contribution in [-0.4, -0.2) is 12.1 Å². The predicted octanol–water partition coefficient (Wildman–Crippen LogP) is 17.9. The Kier molecular flexibility index (Phi) is 9.97. The third-order valence-corrected chi connectivity index (χ3v) is 14.6. The maximum Gasteiger partial charge on any atom is 0.0559 e. The number of allylic oxidation sites excluding steroid dienone is 7. The van der Waals surface area contributed by atoms with Crippen LogP contribution in [0.1, 0.15) is 25.7 Å². The Balaban J connectivity index is 1.13. The van der Waals surface area contributed by atoms with Crippen molar-refractivity contribution >= 4 is 81.7 Å². The van der Waals surface area contributed by atoms with Gasteiger partial charge >= 0.3 is 0 Å². The predicted molar refractivity (Wildman–Crippen MR) is 293 cm³/mol. The van der Waals surface area contributed by atoms with Crippen molar-refractivity contribution in [1.82, 2.24) is 0 Å². The van der Waals surface area contributed by atoms with Crippen LogP contribution in [0.3, 0.4) is 0 Å². The summed E-state index contributed by atoms with van der Waals surface area (Å²) in [5.74, 6) is 0. The number of benzene rings is 10. The van der Waals surface area contributed by atoms with Gasteiger partial charge < -0.3 is 9.80 Å². The summed E-state index contributed by atoms with van der Waals surface area (Å²) in [7, 11) is 0. The van der Waals surface area contributed by atoms with Crippen LogP contribution < -0.4 is 9.80 Å². The monoisotopic (exact) mass is 870 g/mol. The van der Waals surface area contributed by atoms with Crippen molar-refractivity contribution in [3.63, 3.8) is 0 Å². The van der Waals surface area contributed by atoms with E-state index in [1.807, 2.05) is 0 Å². The number of rotatable bonds is 8. The lowest BCUT2D eigenvalue weighted by molar-refractivity contribution is 0.755. The van der Waals surface area contributed by atoms with Gasteiger partial charge in [0.2, 0.25) is 0 Å². The molecule has 3 aliphatic rings. The largest absolute Gasteiger partial charge is 0.334 e. The molecule has 0 N–H and O–H groups in total. The van der Waals surface area contributed by atoms with Gasteiger partial charge in [-0.15, -0.1) is 0 Å². The molecule has 324 valence electrons. The molecular formula is C66H50N2. The molecule has 13 rings (SSSR count). The van der Waals surface area contributed by atoms with Gasteiger partial charge in [-0.25, -0.2) is 0 Å². The Morgan fingerprint density at radius 1 is 0.338 bits per heavy atom. The molecule has 0 saturated heterocycles. The number of nitrogens with zero attached hydrogens (tertiary/aromatic N) is 2. The highest BCUT2D eigenvalue weighted by atomic mass is 15.2. The number of para-hydroxylation sites is 1. The molecule has 10 aromatic carbocycles. The summed E-state index contributed by atoms with van der Waals surface area (Å²) in [6.45, 7) is 0. The molecule has 0 bridgehead atoms. The molecule has 68 heavy (non-hydrogen) atoms. The minimum Gasteiger partial charge on any atom is -0.334 e. The third kappa shape index (κ3) is 6.95. The average Bonchev–Trinajstić information content (AvgIpc) is 3.41. The second-order valence-corrected chi connectivity index (χ2v) is 18.6. The number of hydrogen-bond acceptors (Lipinski definition) is 2. The Morgan fingerprint density at radius 2 is 0.838 bits per heavy atom. The van der Waals surface area contributed by atoms with Gasteiger partial charge in [-0.05, 0) is 167 Å². The minimum absolute atomic E-state index is 0.174. The Morgan fingerprint density at radius 3 is 1.38 bits per heavy atom. The normalized spacial score (nSPS) is 16.7. The van der Waals surface area contributed by atoms with Gasteiger partial charge in [0, 0.05) is 22.8 Å². The Hall–Kier alpha value is -8.20. The van der Waals surface area contributed by atoms with E-state index in [4.69, 9.17) is 0 Å². The van der Waals surface area contributed by atoms with Crippen LogP contribution in [0.15, 0.2) is 248 Å². The van der Waals surface area contributed by atoms with E-state index >= 15 is 0 Å². The van der Waals surface area contributed by atoms with Gasteiger partial charge in [0.05, 0.1) is 12.1 Å². The van der Waals surface area contributed by atoms with Gasteiger partial charge in [0.25, 0.3) is 0 Å². The zero-order valence-electron chi connectivity index (χ0n) is 38.0. The lowest BCUT2D eigenvalue weighted by atomic mass is 9.84. The molecule has 0 heterocycles. The first-order valence-electron chi connectivity index (χ1n) is 24.3. The summed E-state index contributed by atoms with van der Waals surface area (Å²) in [5.41, 5.74) is 9.76. The SMILES string of the molecule is C1=CCC(N(C2=CCCC=C2)c2ccc3c(-c4ccc5c(ccc6ccccc65)c4)c4cc(N(c5ccccc5)C5C=CC=CC5)ccc4c(-c4ccc5c(ccc6ccccc65)c4)c3c2)C=C1. The van der Waals surface area contributed by atoms with Crippen molar-refractivity contribution in [1.29, 1.82) is 0 Å². The molecular weight excluding hydrogens is 821 g/mol. The molecule has 2 atom stereocenters. The lowest BCUT2D eigenvalue weighted by Crippen LogP contribution is -2.33. The first kappa shape index (κ1) is 40.1. The van der Waals surface area contributed by atoms with Crippen molar-refractivity contribution in [3.8, 4) is 22.3 Å². The molecule has 3 aliphatic carbocycles. The second kappa shape index (κ2) is 16.9. The molecule has 0 saturated carbocycles. The molecule has 2 unspecified atom stereocenters. The van der Waals surface area contributed by atoms with Crippen LogP contribution in [-0.2, 0) is 0 Å². The Labute approximate surface area is 398 Å². The molecule has 0 spiro atoms. The van der Waals surface area contributed by atoms with E-state index in [-0.39, 0.29) is 12.1 Å². The maximum atomic E-state index is 2.57. The summed E-state index contributed by atoms with van der Waals surface area (Å²) in [4.78, 5) is 5.10. The fourth-order valence-electron chi connectivity index (χ4n) is 11.4. The average molecular weight is 871 g/mol. The quantitative estimate of drug-likeness (QED) is 0.111. The molecule has 0 amide bonds. The van der Waals surface area contributed by atoms with E-state index in [9.17, 15) is 0 Å². The summed E-state index contributed by atoms with van der Waals surface area (Å²) in [6, 6.07) is 66.9. The van der Waals surface area contributed by atoms with Crippen LogP contribution >= 0.6 is 0 Å². The highest BCUT2D eigenvalue weighted by molar-refractivity contribution is 6.24. The zero-order valence-corrected chi connectivity index (χ0v) is 38.0. The third-order valence-electron chi connectivity index (χ3n) is 14.6. The number of anilines is 3. The fourth-order valence-corrected chi connectivity index (χ4v) is 11.4. The van der Waals surface area contributed by atoms with Crippen molar-refractivity contribution < 1.29 is 0 Å². The van der Waals surface area contributed by atoms with Gasteiger partial charge in [0.1, 0.15) is 0 Å². The summed E-state index contributed by atoms with van der Waals surface area (Å²) in [6.07, 6.45) is 29.2. The van der Waals surface area contributed by atoms with E-state index in [0.717, 1.165) is 25.7 Å². The van der Waals surface area contributed by atoms with Crippen molar-refractivity contribution in [3.05, 3.63) is 248 Å². The fraction of sp³-hybridized carbons (Fsp3) is 0.0909. The van der Waals surface area contributed by atoms with Crippen LogP contribution in [0.4, 0.5) is 17.1 Å². The van der Waals surface area contributed by atoms with E-state index in [2.05, 4.69) is 253 Å². The van der Waals surface area contributed by atoms with Crippen LogP contribution in [0.5, 0.6) is 0 Å². The lowest BCUT2D eigenvalue weighted by Gasteiger charge is -2.35. The smallest absolute Gasteiger partial charge is 0.0559 e. The molecule has 0 fully saturated rings. The summed E-state index contributed by atoms with van der Waals surface area (Å²) >= 11 is 0. The second-order valence-electron chi connectivity index (χ2n) is 18.6. The number of fused-ring (bicyclic) bond motifs is 8. The molecule has 0 aliphatic heterocycles. The minimum atomic E-state index is 0.174. The van der Waals surface area contributed by atoms with Gasteiger partial charge in [-0.2, -0.15) is 0 Å². The Bertz CT molecular complexity index is 3820. The molecule has 0 aromatic heterocycles. The van der Waals surface area contributed by atoms with E-state index in [1.165, 1.54) is 110 Å². The van der Waals surface area contributed by atoms with Crippen LogP contribution in [0.25, 0.3) is 86.9 Å². The van der Waals surface area contributed by atoms with Crippen molar-refractivity contribution in [2.24, 2.45) is 0 Å². The van der Waals surface area contributed by atoms with Crippen molar-refractivity contribution in [2.45, 2.75) is 37.8 Å². The van der Waals surface area contributed by atoms with E-state index in [0.29, 0.717) is 0 Å². The summed E-state index contributed by atoms with van der Waals surface area (Å²) in [5, 5.41) is 15.1. The van der Waals surface area contributed by atoms with E-state index < -0.39 is 0 Å². The number of hydrogen-bond donors (Lipinski definition) is 0. The molecule has 0 radical (unpaired) electrons. The van der Waals surface area contributed by atoms with E-state index in [1.54, 1.807) is 0 Å². The zero-order chi connectivity index (χ0) is 45.0. The molecule has 2 nitrogen and oxygen atoms in total. The highest BCUT2D eigenvalue weighted by Gasteiger charge is 2.26. The van der Waals surface area contributed by atoms with Crippen LogP contribution in [0.2, 0.25) is 0 Å². The highest BCUT2D eigenvalue weighted by Crippen LogP contribution is 2.48. The van der Waals surface area contributed by atoms with Gasteiger partial charge in [0.15, 0.2) is 0 Å². The standard InChI is InChI=1S/C66H50N2/c1-5-19-51(20-6-1)67(52-21-7-2-8-22-52)55-35-39-61-63(43-55)65(49-33-37-59-47(41-49)31-29-45-17-13-15-27-57(45)59)62-40-36-56(68(53-23-9-3-10-24-53)54-25-11-4-12-26-54)44-64(62)66(61)50-34-38-60-48(42-50)32-30-46-18-14-16-28-58(46)60/h1-3,5-11,13-21,23,25-44,52-53H,4,12,22,24H2. The van der Waals surface area contributed by atoms with Gasteiger partial charge in [-0.1, -0.05) is 188 Å². The maximum absolute atomic E-state index is 2.57. The molecule has 10 aromatic rings. The summed E-state index contributed by atoms with van der Waals surface area (Å²) < 4.78 is 0.